The standard InChI is InChI=1S/C13H25NO5/c1-6-7-8-18-9-13(5,10(15)16)14-11(17)19-12(2,3)4/h6-9H2,1-5H3,(H,14,17)(H,15,16). The number of carboxylic acid groups (broad SMARTS) is 1. The van der Waals surface area contributed by atoms with Gasteiger partial charge in [-0.25, -0.2) is 9.59 Å². The van der Waals surface area contributed by atoms with Crippen LogP contribution in [-0.2, 0) is 14.3 Å². The van der Waals surface area contributed by atoms with Crippen molar-refractivity contribution in [3.63, 3.8) is 0 Å². The van der Waals surface area contributed by atoms with E-state index in [0.717, 1.165) is 12.8 Å². The maximum atomic E-state index is 11.6. The maximum Gasteiger partial charge on any atom is 0.408 e. The van der Waals surface area contributed by atoms with Gasteiger partial charge in [0.1, 0.15) is 5.60 Å². The third-order valence-electron chi connectivity index (χ3n) is 2.28. The summed E-state index contributed by atoms with van der Waals surface area (Å²) in [7, 11) is 0. The number of rotatable bonds is 7. The van der Waals surface area contributed by atoms with Crippen LogP contribution in [-0.4, -0.2) is 41.5 Å². The summed E-state index contributed by atoms with van der Waals surface area (Å²) < 4.78 is 10.3. The normalized spacial score (nSPS) is 14.6. The molecular formula is C13H25NO5. The van der Waals surface area contributed by atoms with Gasteiger partial charge in [0, 0.05) is 6.61 Å². The highest BCUT2D eigenvalue weighted by Crippen LogP contribution is 2.11. The molecule has 1 unspecified atom stereocenters. The topological polar surface area (TPSA) is 84.9 Å². The summed E-state index contributed by atoms with van der Waals surface area (Å²) in [6, 6.07) is 0. The van der Waals surface area contributed by atoms with Gasteiger partial charge in [0.2, 0.25) is 0 Å². The Kier molecular flexibility index (Phi) is 6.83. The van der Waals surface area contributed by atoms with Crippen LogP contribution in [0.1, 0.15) is 47.5 Å². The maximum absolute atomic E-state index is 11.6. The van der Waals surface area contributed by atoms with E-state index in [1.54, 1.807) is 20.8 Å². The van der Waals surface area contributed by atoms with Gasteiger partial charge in [0.15, 0.2) is 5.54 Å². The van der Waals surface area contributed by atoms with Crippen LogP contribution in [0.15, 0.2) is 0 Å². The number of carbonyl (C=O) groups excluding carboxylic acids is 1. The summed E-state index contributed by atoms with van der Waals surface area (Å²) >= 11 is 0. The molecule has 0 saturated heterocycles. The van der Waals surface area contributed by atoms with E-state index in [1.807, 2.05) is 6.92 Å². The minimum absolute atomic E-state index is 0.0957. The van der Waals surface area contributed by atoms with E-state index >= 15 is 0 Å². The van der Waals surface area contributed by atoms with Crippen molar-refractivity contribution >= 4 is 12.1 Å². The lowest BCUT2D eigenvalue weighted by Gasteiger charge is -2.28. The van der Waals surface area contributed by atoms with Gasteiger partial charge in [-0.3, -0.25) is 0 Å². The van der Waals surface area contributed by atoms with Gasteiger partial charge >= 0.3 is 12.1 Å². The predicted octanol–water partition coefficient (Wildman–Crippen LogP) is 2.17. The highest BCUT2D eigenvalue weighted by atomic mass is 16.6. The number of amides is 1. The van der Waals surface area contributed by atoms with Crippen LogP contribution >= 0.6 is 0 Å². The Morgan fingerprint density at radius 1 is 1.21 bits per heavy atom. The molecule has 0 bridgehead atoms. The Morgan fingerprint density at radius 3 is 2.21 bits per heavy atom. The monoisotopic (exact) mass is 275 g/mol. The van der Waals surface area contributed by atoms with E-state index in [4.69, 9.17) is 9.47 Å². The van der Waals surface area contributed by atoms with Crippen LogP contribution in [0.2, 0.25) is 0 Å². The Morgan fingerprint density at radius 2 is 1.79 bits per heavy atom. The van der Waals surface area contributed by atoms with Gasteiger partial charge in [-0.2, -0.15) is 0 Å². The van der Waals surface area contributed by atoms with Crippen LogP contribution in [0, 0.1) is 0 Å². The second-order valence-electron chi connectivity index (χ2n) is 5.67. The van der Waals surface area contributed by atoms with E-state index in [0.29, 0.717) is 6.61 Å². The molecule has 2 N–H and O–H groups in total. The molecule has 0 rings (SSSR count). The quantitative estimate of drug-likeness (QED) is 0.695. The van der Waals surface area contributed by atoms with Crippen molar-refractivity contribution in [2.75, 3.05) is 13.2 Å². The average Bonchev–Trinajstić information content (AvgIpc) is 2.21. The van der Waals surface area contributed by atoms with Crippen LogP contribution in [0.3, 0.4) is 0 Å². The Balaban J connectivity index is 4.45. The molecule has 0 heterocycles. The first-order valence-electron chi connectivity index (χ1n) is 6.43. The van der Waals surface area contributed by atoms with Gasteiger partial charge in [-0.05, 0) is 34.1 Å². The van der Waals surface area contributed by atoms with E-state index in [9.17, 15) is 14.7 Å². The molecule has 0 aromatic carbocycles. The number of hydrogen-bond acceptors (Lipinski definition) is 4. The lowest BCUT2D eigenvalue weighted by Crippen LogP contribution is -2.56. The molecule has 0 radical (unpaired) electrons. The highest BCUT2D eigenvalue weighted by Gasteiger charge is 2.36. The summed E-state index contributed by atoms with van der Waals surface area (Å²) in [6.07, 6.45) is 1.04. The zero-order valence-electron chi connectivity index (χ0n) is 12.4. The van der Waals surface area contributed by atoms with Crippen molar-refractivity contribution in [2.45, 2.75) is 58.6 Å². The summed E-state index contributed by atoms with van der Waals surface area (Å²) in [5.74, 6) is -1.16. The Hall–Kier alpha value is -1.30. The lowest BCUT2D eigenvalue weighted by atomic mass is 10.1. The fraction of sp³-hybridized carbons (Fsp3) is 0.846. The number of carboxylic acids is 1. The largest absolute Gasteiger partial charge is 0.479 e. The summed E-state index contributed by atoms with van der Waals surface area (Å²) in [5.41, 5.74) is -2.16. The molecule has 0 aliphatic rings. The summed E-state index contributed by atoms with van der Waals surface area (Å²) in [5, 5.41) is 11.5. The van der Waals surface area contributed by atoms with Crippen molar-refractivity contribution < 1.29 is 24.2 Å². The average molecular weight is 275 g/mol. The van der Waals surface area contributed by atoms with Crippen LogP contribution < -0.4 is 5.32 Å². The second kappa shape index (κ2) is 7.33. The first-order chi connectivity index (χ1) is 8.60. The molecule has 1 amide bonds. The Bertz CT molecular complexity index is 311. The zero-order valence-corrected chi connectivity index (χ0v) is 12.4. The summed E-state index contributed by atoms with van der Waals surface area (Å²) in [6.45, 7) is 8.91. The SMILES string of the molecule is CCCCOCC(C)(NC(=O)OC(C)(C)C)C(=O)O. The van der Waals surface area contributed by atoms with Crippen LogP contribution in [0.4, 0.5) is 4.79 Å². The zero-order chi connectivity index (χ0) is 15.1. The molecule has 0 aliphatic heterocycles. The lowest BCUT2D eigenvalue weighted by molar-refractivity contribution is -0.146. The first-order valence-corrected chi connectivity index (χ1v) is 6.43. The molecule has 0 aromatic heterocycles. The molecule has 112 valence electrons. The first kappa shape index (κ1) is 17.7. The van der Waals surface area contributed by atoms with Crippen molar-refractivity contribution in [1.29, 1.82) is 0 Å². The molecule has 0 spiro atoms. The fourth-order valence-electron chi connectivity index (χ4n) is 1.20. The predicted molar refractivity (Wildman–Crippen MR) is 71.1 cm³/mol. The van der Waals surface area contributed by atoms with Crippen molar-refractivity contribution in [2.24, 2.45) is 0 Å². The molecule has 0 fully saturated rings. The smallest absolute Gasteiger partial charge is 0.408 e. The third-order valence-corrected chi connectivity index (χ3v) is 2.28. The minimum atomic E-state index is -1.49. The molecule has 19 heavy (non-hydrogen) atoms. The number of nitrogens with one attached hydrogen (secondary N) is 1. The number of unbranched alkanes of at least 4 members (excludes halogenated alkanes) is 1. The fourth-order valence-corrected chi connectivity index (χ4v) is 1.20. The van der Waals surface area contributed by atoms with Crippen LogP contribution in [0.5, 0.6) is 0 Å². The van der Waals surface area contributed by atoms with Gasteiger partial charge in [0.05, 0.1) is 6.61 Å². The minimum Gasteiger partial charge on any atom is -0.479 e. The van der Waals surface area contributed by atoms with Crippen LogP contribution in [0.25, 0.3) is 0 Å². The Labute approximate surface area is 114 Å². The van der Waals surface area contributed by atoms with E-state index in [2.05, 4.69) is 5.32 Å². The molecular weight excluding hydrogens is 250 g/mol. The number of alkyl carbamates (subject to hydrolysis) is 1. The van der Waals surface area contributed by atoms with Crippen molar-refractivity contribution in [3.8, 4) is 0 Å². The van der Waals surface area contributed by atoms with E-state index < -0.39 is 23.2 Å². The second-order valence-corrected chi connectivity index (χ2v) is 5.67. The van der Waals surface area contributed by atoms with E-state index in [-0.39, 0.29) is 6.61 Å². The molecule has 0 saturated carbocycles. The van der Waals surface area contributed by atoms with Crippen molar-refractivity contribution in [1.82, 2.24) is 5.32 Å². The molecule has 0 aromatic rings. The number of ether oxygens (including phenoxy) is 2. The van der Waals surface area contributed by atoms with Crippen molar-refractivity contribution in [3.05, 3.63) is 0 Å². The summed E-state index contributed by atoms with van der Waals surface area (Å²) in [4.78, 5) is 22.9. The van der Waals surface area contributed by atoms with Gasteiger partial charge in [-0.1, -0.05) is 13.3 Å². The molecule has 6 nitrogen and oxygen atoms in total. The number of aliphatic carboxylic acids is 1. The number of carbonyl (C=O) groups is 2. The third kappa shape index (κ3) is 7.66. The van der Waals surface area contributed by atoms with E-state index in [1.165, 1.54) is 6.92 Å². The molecule has 6 heteroatoms. The van der Waals surface area contributed by atoms with Gasteiger partial charge in [0.25, 0.3) is 0 Å². The molecule has 0 aliphatic carbocycles. The highest BCUT2D eigenvalue weighted by molar-refractivity contribution is 5.84. The molecule has 1 atom stereocenters. The van der Waals surface area contributed by atoms with Gasteiger partial charge < -0.3 is 19.9 Å². The van der Waals surface area contributed by atoms with Gasteiger partial charge in [-0.15, -0.1) is 0 Å². The number of hydrogen-bond donors (Lipinski definition) is 2.